The maximum Gasteiger partial charge on any atom is 0.140 e. The lowest BCUT2D eigenvalue weighted by molar-refractivity contribution is 1.34. The van der Waals surface area contributed by atoms with Gasteiger partial charge in [0.15, 0.2) is 0 Å². The van der Waals surface area contributed by atoms with Gasteiger partial charge in [0.2, 0.25) is 0 Å². The van der Waals surface area contributed by atoms with Crippen molar-refractivity contribution in [2.24, 2.45) is 0 Å². The summed E-state index contributed by atoms with van der Waals surface area (Å²) in [7, 11) is 0. The maximum absolute atomic E-state index is 6.18. The molecule has 0 saturated heterocycles. The van der Waals surface area contributed by atoms with Gasteiger partial charge in [-0.1, -0.05) is 34.8 Å². The van der Waals surface area contributed by atoms with Crippen LogP contribution in [0.1, 0.15) is 5.56 Å². The number of aromatic amines is 1. The van der Waals surface area contributed by atoms with Gasteiger partial charge < -0.3 is 4.98 Å². The molecular weight excluding hydrogens is 303 g/mol. The second-order valence-corrected chi connectivity index (χ2v) is 5.58. The van der Waals surface area contributed by atoms with Crippen molar-refractivity contribution in [2.45, 2.75) is 6.92 Å². The number of halogens is 3. The van der Waals surface area contributed by atoms with Gasteiger partial charge in [0.1, 0.15) is 5.82 Å². The summed E-state index contributed by atoms with van der Waals surface area (Å²) < 4.78 is 0. The zero-order chi connectivity index (χ0) is 13.6. The number of hydrogen-bond donors (Lipinski definition) is 1. The lowest BCUT2D eigenvalue weighted by atomic mass is 10.2. The highest BCUT2D eigenvalue weighted by Gasteiger charge is 2.10. The number of hydrogen-bond acceptors (Lipinski definition) is 1. The van der Waals surface area contributed by atoms with E-state index in [1.54, 1.807) is 12.1 Å². The Kier molecular flexibility index (Phi) is 3.17. The molecule has 0 radical (unpaired) electrons. The molecule has 5 heteroatoms. The Hall–Kier alpha value is -1.22. The van der Waals surface area contributed by atoms with Crippen molar-refractivity contribution in [2.75, 3.05) is 0 Å². The first kappa shape index (κ1) is 12.8. The summed E-state index contributed by atoms with van der Waals surface area (Å²) in [6.07, 6.45) is 0. The highest BCUT2D eigenvalue weighted by atomic mass is 35.5. The van der Waals surface area contributed by atoms with E-state index in [1.165, 1.54) is 0 Å². The topological polar surface area (TPSA) is 28.7 Å². The van der Waals surface area contributed by atoms with Crippen molar-refractivity contribution in [3.63, 3.8) is 0 Å². The highest BCUT2D eigenvalue weighted by molar-refractivity contribution is 6.36. The van der Waals surface area contributed by atoms with Crippen molar-refractivity contribution in [1.29, 1.82) is 0 Å². The average Bonchev–Trinajstić information content (AvgIpc) is 2.72. The number of nitrogens with one attached hydrogen (secondary N) is 1. The number of aromatic nitrogens is 2. The summed E-state index contributed by atoms with van der Waals surface area (Å²) in [5.41, 5.74) is 3.57. The number of rotatable bonds is 1. The lowest BCUT2D eigenvalue weighted by Gasteiger charge is -2.00. The Bertz CT molecular complexity index is 739. The van der Waals surface area contributed by atoms with Crippen LogP contribution in [0.4, 0.5) is 0 Å². The summed E-state index contributed by atoms with van der Waals surface area (Å²) in [6.45, 7) is 1.96. The van der Waals surface area contributed by atoms with E-state index in [1.807, 2.05) is 25.1 Å². The van der Waals surface area contributed by atoms with E-state index < -0.39 is 0 Å². The van der Waals surface area contributed by atoms with Crippen molar-refractivity contribution in [3.05, 3.63) is 51.0 Å². The van der Waals surface area contributed by atoms with Crippen LogP contribution in [0.5, 0.6) is 0 Å². The number of benzene rings is 2. The first-order chi connectivity index (χ1) is 9.04. The monoisotopic (exact) mass is 310 g/mol. The van der Waals surface area contributed by atoms with E-state index in [0.717, 1.165) is 22.2 Å². The first-order valence-electron chi connectivity index (χ1n) is 5.66. The van der Waals surface area contributed by atoms with Gasteiger partial charge in [-0.05, 0) is 42.8 Å². The Morgan fingerprint density at radius 3 is 2.53 bits per heavy atom. The van der Waals surface area contributed by atoms with Gasteiger partial charge in [-0.3, -0.25) is 0 Å². The van der Waals surface area contributed by atoms with E-state index in [-0.39, 0.29) is 0 Å². The number of fused-ring (bicyclic) bond motifs is 1. The van der Waals surface area contributed by atoms with E-state index in [4.69, 9.17) is 34.8 Å². The Morgan fingerprint density at radius 2 is 1.79 bits per heavy atom. The summed E-state index contributed by atoms with van der Waals surface area (Å²) in [4.78, 5) is 7.75. The third-order valence-electron chi connectivity index (χ3n) is 2.95. The molecule has 2 nitrogen and oxygen atoms in total. The second kappa shape index (κ2) is 4.71. The summed E-state index contributed by atoms with van der Waals surface area (Å²) in [5.74, 6) is 0.707. The van der Waals surface area contributed by atoms with Gasteiger partial charge in [-0.2, -0.15) is 0 Å². The molecule has 3 aromatic rings. The predicted molar refractivity (Wildman–Crippen MR) is 81.3 cm³/mol. The molecule has 0 aliphatic rings. The number of imidazole rings is 1. The lowest BCUT2D eigenvalue weighted by Crippen LogP contribution is -1.81. The summed E-state index contributed by atoms with van der Waals surface area (Å²) in [5, 5.41) is 1.87. The molecule has 0 bridgehead atoms. The van der Waals surface area contributed by atoms with Crippen LogP contribution >= 0.6 is 34.8 Å². The standard InChI is InChI=1S/C14H9Cl3N2/c1-7-4-12-13(6-10(7)16)19-14(18-12)9-3-2-8(15)5-11(9)17/h2-6H,1H3,(H,18,19). The van der Waals surface area contributed by atoms with Crippen LogP contribution in [0, 0.1) is 6.92 Å². The van der Waals surface area contributed by atoms with Gasteiger partial charge in [-0.25, -0.2) is 4.98 Å². The fourth-order valence-corrected chi connectivity index (χ4v) is 2.60. The molecule has 1 aromatic heterocycles. The molecule has 96 valence electrons. The minimum absolute atomic E-state index is 0.564. The van der Waals surface area contributed by atoms with Crippen molar-refractivity contribution < 1.29 is 0 Å². The molecule has 0 saturated carbocycles. The third kappa shape index (κ3) is 2.32. The van der Waals surface area contributed by atoms with Crippen LogP contribution in [-0.4, -0.2) is 9.97 Å². The number of nitrogens with zero attached hydrogens (tertiary/aromatic N) is 1. The molecule has 3 rings (SSSR count). The average molecular weight is 312 g/mol. The fourth-order valence-electron chi connectivity index (χ4n) is 1.95. The van der Waals surface area contributed by atoms with Gasteiger partial charge >= 0.3 is 0 Å². The Labute approximate surface area is 125 Å². The van der Waals surface area contributed by atoms with Crippen LogP contribution in [-0.2, 0) is 0 Å². The largest absolute Gasteiger partial charge is 0.338 e. The Morgan fingerprint density at radius 1 is 1.00 bits per heavy atom. The molecule has 19 heavy (non-hydrogen) atoms. The minimum Gasteiger partial charge on any atom is -0.338 e. The van der Waals surface area contributed by atoms with Crippen molar-refractivity contribution in [3.8, 4) is 11.4 Å². The normalized spacial score (nSPS) is 11.2. The molecule has 2 aromatic carbocycles. The molecule has 0 atom stereocenters. The first-order valence-corrected chi connectivity index (χ1v) is 6.79. The molecule has 1 N–H and O–H groups in total. The molecule has 0 amide bonds. The Balaban J connectivity index is 2.20. The zero-order valence-corrected chi connectivity index (χ0v) is 12.2. The van der Waals surface area contributed by atoms with E-state index in [0.29, 0.717) is 20.9 Å². The number of H-pyrrole nitrogens is 1. The van der Waals surface area contributed by atoms with Gasteiger partial charge in [-0.15, -0.1) is 0 Å². The maximum atomic E-state index is 6.18. The minimum atomic E-state index is 0.564. The van der Waals surface area contributed by atoms with E-state index >= 15 is 0 Å². The van der Waals surface area contributed by atoms with Crippen LogP contribution < -0.4 is 0 Å². The van der Waals surface area contributed by atoms with Gasteiger partial charge in [0.25, 0.3) is 0 Å². The van der Waals surface area contributed by atoms with Gasteiger partial charge in [0, 0.05) is 15.6 Å². The van der Waals surface area contributed by atoms with E-state index in [9.17, 15) is 0 Å². The molecule has 0 aliphatic heterocycles. The van der Waals surface area contributed by atoms with Crippen LogP contribution in [0.15, 0.2) is 30.3 Å². The molecule has 0 unspecified atom stereocenters. The smallest absolute Gasteiger partial charge is 0.140 e. The summed E-state index contributed by atoms with van der Waals surface area (Å²) >= 11 is 18.2. The second-order valence-electron chi connectivity index (χ2n) is 4.33. The molecule has 0 spiro atoms. The molecule has 0 fully saturated rings. The van der Waals surface area contributed by atoms with Crippen LogP contribution in [0.2, 0.25) is 15.1 Å². The highest BCUT2D eigenvalue weighted by Crippen LogP contribution is 2.31. The third-order valence-corrected chi connectivity index (χ3v) is 3.90. The fraction of sp³-hybridized carbons (Fsp3) is 0.0714. The van der Waals surface area contributed by atoms with Crippen LogP contribution in [0.25, 0.3) is 22.4 Å². The molecule has 0 aliphatic carbocycles. The zero-order valence-electron chi connectivity index (χ0n) is 9.97. The predicted octanol–water partition coefficient (Wildman–Crippen LogP) is 5.50. The quantitative estimate of drug-likeness (QED) is 0.631. The van der Waals surface area contributed by atoms with Crippen LogP contribution in [0.3, 0.4) is 0 Å². The van der Waals surface area contributed by atoms with Crippen molar-refractivity contribution in [1.82, 2.24) is 9.97 Å². The summed E-state index contributed by atoms with van der Waals surface area (Å²) in [6, 6.07) is 9.14. The van der Waals surface area contributed by atoms with E-state index in [2.05, 4.69) is 9.97 Å². The van der Waals surface area contributed by atoms with Gasteiger partial charge in [0.05, 0.1) is 16.1 Å². The SMILES string of the molecule is Cc1cc2[nH]c(-c3ccc(Cl)cc3Cl)nc2cc1Cl. The van der Waals surface area contributed by atoms with Crippen molar-refractivity contribution >= 4 is 45.8 Å². The molecule has 1 heterocycles. The number of aryl methyl sites for hydroxylation is 1. The molecular formula is C14H9Cl3N2.